The van der Waals surface area contributed by atoms with Crippen LogP contribution >= 0.6 is 0 Å². The van der Waals surface area contributed by atoms with Gasteiger partial charge in [-0.15, -0.1) is 0 Å². The van der Waals surface area contributed by atoms with E-state index < -0.39 is 12.2 Å². The van der Waals surface area contributed by atoms with Gasteiger partial charge in [-0.1, -0.05) is 12.1 Å². The fraction of sp³-hybridized carbons (Fsp3) is 0.571. The van der Waals surface area contributed by atoms with Crippen LogP contribution in [0.2, 0.25) is 0 Å². The summed E-state index contributed by atoms with van der Waals surface area (Å²) in [5.74, 6) is 0.620. The molecule has 1 rings (SSSR count). The van der Waals surface area contributed by atoms with Gasteiger partial charge in [0.05, 0.1) is 25.9 Å². The SMILES string of the molecule is COCCOCC(O)COc1cccc(C(C)O)c1. The van der Waals surface area contributed by atoms with Crippen LogP contribution in [0, 0.1) is 0 Å². The second-order valence-corrected chi connectivity index (χ2v) is 4.28. The number of aliphatic hydroxyl groups is 2. The van der Waals surface area contributed by atoms with Crippen molar-refractivity contribution < 1.29 is 24.4 Å². The molecule has 0 heterocycles. The highest BCUT2D eigenvalue weighted by molar-refractivity contribution is 5.29. The van der Waals surface area contributed by atoms with Gasteiger partial charge in [0.2, 0.25) is 0 Å². The van der Waals surface area contributed by atoms with Crippen LogP contribution < -0.4 is 4.74 Å². The highest BCUT2D eigenvalue weighted by atomic mass is 16.5. The summed E-state index contributed by atoms with van der Waals surface area (Å²) in [6, 6.07) is 7.16. The third-order valence-corrected chi connectivity index (χ3v) is 2.52. The Kier molecular flexibility index (Phi) is 7.43. The Morgan fingerprint density at radius 1 is 1.16 bits per heavy atom. The second kappa shape index (κ2) is 8.87. The van der Waals surface area contributed by atoms with E-state index in [1.165, 1.54) is 0 Å². The average molecular weight is 270 g/mol. The molecule has 0 fully saturated rings. The average Bonchev–Trinajstić information content (AvgIpc) is 2.41. The van der Waals surface area contributed by atoms with E-state index in [4.69, 9.17) is 14.2 Å². The third kappa shape index (κ3) is 6.54. The molecule has 2 atom stereocenters. The molecule has 1 aromatic carbocycles. The Hall–Kier alpha value is -1.14. The minimum atomic E-state index is -0.688. The Labute approximate surface area is 113 Å². The predicted octanol–water partition coefficient (Wildman–Crippen LogP) is 1.14. The molecule has 5 nitrogen and oxygen atoms in total. The molecule has 19 heavy (non-hydrogen) atoms. The first-order valence-electron chi connectivity index (χ1n) is 6.29. The summed E-state index contributed by atoms with van der Waals surface area (Å²) in [4.78, 5) is 0. The quantitative estimate of drug-likeness (QED) is 0.659. The first-order chi connectivity index (χ1) is 9.13. The second-order valence-electron chi connectivity index (χ2n) is 4.28. The van der Waals surface area contributed by atoms with Gasteiger partial charge in [-0.25, -0.2) is 0 Å². The Balaban J connectivity index is 2.29. The van der Waals surface area contributed by atoms with Crippen LogP contribution in [-0.4, -0.2) is 49.9 Å². The zero-order valence-corrected chi connectivity index (χ0v) is 11.4. The standard InChI is InChI=1S/C14H22O5/c1-11(15)12-4-3-5-14(8-12)19-10-13(16)9-18-7-6-17-2/h3-5,8,11,13,15-16H,6-7,9-10H2,1-2H3. The number of hydrogen-bond acceptors (Lipinski definition) is 5. The Morgan fingerprint density at radius 3 is 2.63 bits per heavy atom. The third-order valence-electron chi connectivity index (χ3n) is 2.52. The number of hydrogen-bond donors (Lipinski definition) is 2. The van der Waals surface area contributed by atoms with Gasteiger partial charge in [-0.05, 0) is 24.6 Å². The summed E-state index contributed by atoms with van der Waals surface area (Å²) >= 11 is 0. The highest BCUT2D eigenvalue weighted by Gasteiger charge is 2.07. The molecule has 0 aromatic heterocycles. The van der Waals surface area contributed by atoms with E-state index in [0.29, 0.717) is 19.0 Å². The normalized spacial score (nSPS) is 14.1. The van der Waals surface area contributed by atoms with Crippen molar-refractivity contribution in [1.29, 1.82) is 0 Å². The molecule has 2 unspecified atom stereocenters. The van der Waals surface area contributed by atoms with E-state index in [1.807, 2.05) is 6.07 Å². The van der Waals surface area contributed by atoms with Gasteiger partial charge >= 0.3 is 0 Å². The van der Waals surface area contributed by atoms with Crippen LogP contribution in [0.15, 0.2) is 24.3 Å². The minimum absolute atomic E-state index is 0.149. The van der Waals surface area contributed by atoms with Crippen LogP contribution in [0.5, 0.6) is 5.75 Å². The van der Waals surface area contributed by atoms with Crippen LogP contribution in [0.4, 0.5) is 0 Å². The van der Waals surface area contributed by atoms with E-state index >= 15 is 0 Å². The van der Waals surface area contributed by atoms with Crippen molar-refractivity contribution in [2.45, 2.75) is 19.1 Å². The summed E-state index contributed by atoms with van der Waals surface area (Å²) in [6.45, 7) is 3.00. The molecule has 0 aliphatic heterocycles. The largest absolute Gasteiger partial charge is 0.491 e. The molecule has 0 aliphatic rings. The van der Waals surface area contributed by atoms with Gasteiger partial charge in [0, 0.05) is 7.11 Å². The fourth-order valence-electron chi connectivity index (χ4n) is 1.47. The van der Waals surface area contributed by atoms with Crippen LogP contribution in [0.3, 0.4) is 0 Å². The summed E-state index contributed by atoms with van der Waals surface area (Å²) in [5.41, 5.74) is 0.781. The van der Waals surface area contributed by atoms with Crippen LogP contribution in [0.25, 0.3) is 0 Å². The van der Waals surface area contributed by atoms with Gasteiger partial charge in [0.25, 0.3) is 0 Å². The molecule has 0 radical (unpaired) electrons. The molecular formula is C14H22O5. The predicted molar refractivity (Wildman–Crippen MR) is 71.3 cm³/mol. The van der Waals surface area contributed by atoms with Crippen molar-refractivity contribution in [2.75, 3.05) is 33.5 Å². The zero-order valence-electron chi connectivity index (χ0n) is 11.4. The van der Waals surface area contributed by atoms with Crippen molar-refractivity contribution in [3.8, 4) is 5.75 Å². The maximum Gasteiger partial charge on any atom is 0.119 e. The van der Waals surface area contributed by atoms with Crippen molar-refractivity contribution in [1.82, 2.24) is 0 Å². The molecule has 0 saturated heterocycles. The van der Waals surface area contributed by atoms with Gasteiger partial charge in [0.15, 0.2) is 0 Å². The van der Waals surface area contributed by atoms with Crippen molar-refractivity contribution >= 4 is 0 Å². The van der Waals surface area contributed by atoms with Gasteiger partial charge < -0.3 is 24.4 Å². The van der Waals surface area contributed by atoms with Gasteiger partial charge in [0.1, 0.15) is 18.5 Å². The molecule has 0 spiro atoms. The van der Waals surface area contributed by atoms with E-state index in [2.05, 4.69) is 0 Å². The maximum atomic E-state index is 9.65. The number of aliphatic hydroxyl groups excluding tert-OH is 2. The van der Waals surface area contributed by atoms with Crippen molar-refractivity contribution in [3.63, 3.8) is 0 Å². The summed E-state index contributed by atoms with van der Waals surface area (Å²) < 4.78 is 15.5. The molecule has 2 N–H and O–H groups in total. The number of benzene rings is 1. The molecule has 0 aliphatic carbocycles. The first kappa shape index (κ1) is 15.9. The maximum absolute atomic E-state index is 9.65. The minimum Gasteiger partial charge on any atom is -0.491 e. The highest BCUT2D eigenvalue weighted by Crippen LogP contribution is 2.18. The lowest BCUT2D eigenvalue weighted by Crippen LogP contribution is -2.24. The van der Waals surface area contributed by atoms with E-state index in [1.54, 1.807) is 32.2 Å². The molecule has 1 aromatic rings. The lowest BCUT2D eigenvalue weighted by atomic mass is 10.1. The first-order valence-corrected chi connectivity index (χ1v) is 6.29. The molecular weight excluding hydrogens is 248 g/mol. The van der Waals surface area contributed by atoms with Crippen LogP contribution in [0.1, 0.15) is 18.6 Å². The van der Waals surface area contributed by atoms with Crippen LogP contribution in [-0.2, 0) is 9.47 Å². The molecule has 5 heteroatoms. The number of rotatable bonds is 9. The molecule has 108 valence electrons. The lowest BCUT2D eigenvalue weighted by Gasteiger charge is -2.13. The van der Waals surface area contributed by atoms with Crippen molar-refractivity contribution in [2.24, 2.45) is 0 Å². The number of methoxy groups -OCH3 is 1. The summed E-state index contributed by atoms with van der Waals surface area (Å²) in [5, 5.41) is 19.1. The van der Waals surface area contributed by atoms with E-state index in [9.17, 15) is 10.2 Å². The summed E-state index contributed by atoms with van der Waals surface area (Å²) in [7, 11) is 1.60. The summed E-state index contributed by atoms with van der Waals surface area (Å²) in [6.07, 6.45) is -1.22. The lowest BCUT2D eigenvalue weighted by molar-refractivity contribution is -0.00422. The monoisotopic (exact) mass is 270 g/mol. The Bertz CT molecular complexity index is 353. The number of ether oxygens (including phenoxy) is 3. The van der Waals surface area contributed by atoms with Gasteiger partial charge in [-0.3, -0.25) is 0 Å². The van der Waals surface area contributed by atoms with E-state index in [-0.39, 0.29) is 13.2 Å². The molecule has 0 saturated carbocycles. The van der Waals surface area contributed by atoms with Crippen molar-refractivity contribution in [3.05, 3.63) is 29.8 Å². The molecule has 0 bridgehead atoms. The van der Waals surface area contributed by atoms with Gasteiger partial charge in [-0.2, -0.15) is 0 Å². The smallest absolute Gasteiger partial charge is 0.119 e. The van der Waals surface area contributed by atoms with E-state index in [0.717, 1.165) is 5.56 Å². The molecule has 0 amide bonds. The fourth-order valence-corrected chi connectivity index (χ4v) is 1.47. The Morgan fingerprint density at radius 2 is 1.95 bits per heavy atom. The topological polar surface area (TPSA) is 68.2 Å². The zero-order chi connectivity index (χ0) is 14.1.